The van der Waals surface area contributed by atoms with E-state index in [1.165, 1.54) is 5.56 Å². The van der Waals surface area contributed by atoms with Crippen molar-refractivity contribution in [1.82, 2.24) is 15.1 Å². The monoisotopic (exact) mass is 303 g/mol. The number of rotatable bonds is 6. The highest BCUT2D eigenvalue weighted by molar-refractivity contribution is 5.89. The van der Waals surface area contributed by atoms with E-state index in [0.29, 0.717) is 13.0 Å². The van der Waals surface area contributed by atoms with Gasteiger partial charge in [0.15, 0.2) is 0 Å². The fourth-order valence-corrected chi connectivity index (χ4v) is 2.86. The first-order valence-electron chi connectivity index (χ1n) is 7.68. The molecule has 0 radical (unpaired) electrons. The van der Waals surface area contributed by atoms with Gasteiger partial charge in [-0.05, 0) is 26.1 Å². The van der Waals surface area contributed by atoms with Crippen LogP contribution in [0.1, 0.15) is 12.0 Å². The number of amides is 2. The highest BCUT2D eigenvalue weighted by Crippen LogP contribution is 2.16. The van der Waals surface area contributed by atoms with E-state index < -0.39 is 0 Å². The van der Waals surface area contributed by atoms with E-state index in [2.05, 4.69) is 22.3 Å². The van der Waals surface area contributed by atoms with Crippen molar-refractivity contribution in [2.75, 3.05) is 34.2 Å². The Morgan fingerprint density at radius 3 is 2.59 bits per heavy atom. The maximum atomic E-state index is 12.4. The molecule has 2 unspecified atom stereocenters. The van der Waals surface area contributed by atoms with Crippen LogP contribution in [-0.4, -0.2) is 61.9 Å². The normalized spacial score (nSPS) is 19.5. The second-order valence-electron chi connectivity index (χ2n) is 6.33. The van der Waals surface area contributed by atoms with Gasteiger partial charge in [0.05, 0.1) is 5.92 Å². The summed E-state index contributed by atoms with van der Waals surface area (Å²) in [5.41, 5.74) is 1.20. The van der Waals surface area contributed by atoms with Gasteiger partial charge in [-0.25, -0.2) is 0 Å². The van der Waals surface area contributed by atoms with Crippen molar-refractivity contribution in [3.05, 3.63) is 35.9 Å². The summed E-state index contributed by atoms with van der Waals surface area (Å²) in [6, 6.07) is 10.2. The lowest BCUT2D eigenvalue weighted by Crippen LogP contribution is -2.45. The van der Waals surface area contributed by atoms with Crippen LogP contribution in [0.15, 0.2) is 30.3 Å². The van der Waals surface area contributed by atoms with Gasteiger partial charge in [-0.15, -0.1) is 0 Å². The highest BCUT2D eigenvalue weighted by Gasteiger charge is 2.32. The van der Waals surface area contributed by atoms with Crippen LogP contribution in [0.3, 0.4) is 0 Å². The zero-order valence-electron chi connectivity index (χ0n) is 13.6. The SMILES string of the molecule is CN(C)CC(Cc1ccccc1)NC(=O)C1CC(=O)N(C)C1. The van der Waals surface area contributed by atoms with Crippen LogP contribution >= 0.6 is 0 Å². The predicted octanol–water partition coefficient (Wildman–Crippen LogP) is 0.754. The van der Waals surface area contributed by atoms with Crippen LogP contribution in [0.4, 0.5) is 0 Å². The molecule has 1 aliphatic rings. The van der Waals surface area contributed by atoms with E-state index in [-0.39, 0.29) is 23.8 Å². The van der Waals surface area contributed by atoms with Crippen molar-refractivity contribution in [3.8, 4) is 0 Å². The zero-order chi connectivity index (χ0) is 16.1. The van der Waals surface area contributed by atoms with Crippen molar-refractivity contribution < 1.29 is 9.59 Å². The molecule has 2 rings (SSSR count). The molecular weight excluding hydrogens is 278 g/mol. The van der Waals surface area contributed by atoms with Gasteiger partial charge >= 0.3 is 0 Å². The van der Waals surface area contributed by atoms with Gasteiger partial charge in [-0.3, -0.25) is 9.59 Å². The van der Waals surface area contributed by atoms with Gasteiger partial charge in [0.1, 0.15) is 0 Å². The third kappa shape index (κ3) is 4.56. The first-order chi connectivity index (χ1) is 10.5. The molecule has 0 bridgehead atoms. The molecule has 2 amide bonds. The van der Waals surface area contributed by atoms with Crippen LogP contribution < -0.4 is 5.32 Å². The van der Waals surface area contributed by atoms with Gasteiger partial charge in [0.2, 0.25) is 11.8 Å². The quantitative estimate of drug-likeness (QED) is 0.844. The molecule has 22 heavy (non-hydrogen) atoms. The maximum absolute atomic E-state index is 12.4. The Morgan fingerprint density at radius 1 is 1.36 bits per heavy atom. The number of likely N-dealkylation sites (tertiary alicyclic amines) is 1. The minimum absolute atomic E-state index is 0.0134. The fraction of sp³-hybridized carbons (Fsp3) is 0.529. The molecule has 0 aromatic heterocycles. The Kier molecular flexibility index (Phi) is 5.55. The van der Waals surface area contributed by atoms with Gasteiger partial charge in [-0.2, -0.15) is 0 Å². The molecule has 1 aromatic rings. The number of carbonyl (C=O) groups is 2. The van der Waals surface area contributed by atoms with Crippen molar-refractivity contribution in [1.29, 1.82) is 0 Å². The molecular formula is C17H25N3O2. The average molecular weight is 303 g/mol. The van der Waals surface area contributed by atoms with Gasteiger partial charge in [-0.1, -0.05) is 30.3 Å². The number of nitrogens with one attached hydrogen (secondary N) is 1. The number of benzene rings is 1. The molecule has 1 N–H and O–H groups in total. The number of hydrogen-bond donors (Lipinski definition) is 1. The first kappa shape index (κ1) is 16.5. The predicted molar refractivity (Wildman–Crippen MR) is 86.4 cm³/mol. The molecule has 1 aromatic carbocycles. The van der Waals surface area contributed by atoms with Crippen LogP contribution in [0.25, 0.3) is 0 Å². The lowest BCUT2D eigenvalue weighted by molar-refractivity contribution is -0.128. The summed E-state index contributed by atoms with van der Waals surface area (Å²) < 4.78 is 0. The maximum Gasteiger partial charge on any atom is 0.225 e. The summed E-state index contributed by atoms with van der Waals surface area (Å²) in [5.74, 6) is -0.189. The van der Waals surface area contributed by atoms with E-state index in [1.807, 2.05) is 32.3 Å². The fourth-order valence-electron chi connectivity index (χ4n) is 2.86. The molecule has 5 heteroatoms. The van der Waals surface area contributed by atoms with E-state index in [9.17, 15) is 9.59 Å². The number of likely N-dealkylation sites (N-methyl/N-ethyl adjacent to an activating group) is 1. The Hall–Kier alpha value is -1.88. The lowest BCUT2D eigenvalue weighted by Gasteiger charge is -2.24. The second kappa shape index (κ2) is 7.40. The molecule has 2 atom stereocenters. The average Bonchev–Trinajstić information content (AvgIpc) is 2.79. The summed E-state index contributed by atoms with van der Waals surface area (Å²) in [7, 11) is 5.74. The number of carbonyl (C=O) groups excluding carboxylic acids is 2. The van der Waals surface area contributed by atoms with E-state index in [4.69, 9.17) is 0 Å². The standard InChI is InChI=1S/C17H25N3O2/c1-19(2)12-15(9-13-7-5-4-6-8-13)18-17(22)14-10-16(21)20(3)11-14/h4-8,14-15H,9-12H2,1-3H3,(H,18,22). The summed E-state index contributed by atoms with van der Waals surface area (Å²) in [6.45, 7) is 1.29. The molecule has 1 fully saturated rings. The summed E-state index contributed by atoms with van der Waals surface area (Å²) in [4.78, 5) is 27.7. The lowest BCUT2D eigenvalue weighted by atomic mass is 10.0. The van der Waals surface area contributed by atoms with E-state index in [1.54, 1.807) is 11.9 Å². The van der Waals surface area contributed by atoms with E-state index >= 15 is 0 Å². The summed E-state index contributed by atoms with van der Waals surface area (Å²) in [6.07, 6.45) is 1.11. The Labute approximate surface area is 132 Å². The van der Waals surface area contributed by atoms with Crippen LogP contribution in [0.2, 0.25) is 0 Å². The van der Waals surface area contributed by atoms with Crippen LogP contribution in [0, 0.1) is 5.92 Å². The Balaban J connectivity index is 1.97. The summed E-state index contributed by atoms with van der Waals surface area (Å²) in [5, 5.41) is 3.12. The van der Waals surface area contributed by atoms with Gasteiger partial charge in [0, 0.05) is 32.6 Å². The van der Waals surface area contributed by atoms with Crippen molar-refractivity contribution in [3.63, 3.8) is 0 Å². The Morgan fingerprint density at radius 2 is 2.05 bits per heavy atom. The molecule has 0 saturated carbocycles. The van der Waals surface area contributed by atoms with Crippen molar-refractivity contribution >= 4 is 11.8 Å². The molecule has 1 saturated heterocycles. The largest absolute Gasteiger partial charge is 0.351 e. The molecule has 0 spiro atoms. The summed E-state index contributed by atoms with van der Waals surface area (Å²) >= 11 is 0. The highest BCUT2D eigenvalue weighted by atomic mass is 16.2. The Bertz CT molecular complexity index is 516. The molecule has 1 heterocycles. The van der Waals surface area contributed by atoms with Gasteiger partial charge < -0.3 is 15.1 Å². The third-order valence-electron chi connectivity index (χ3n) is 3.97. The smallest absolute Gasteiger partial charge is 0.225 e. The van der Waals surface area contributed by atoms with Crippen LogP contribution in [0.5, 0.6) is 0 Å². The van der Waals surface area contributed by atoms with Crippen molar-refractivity contribution in [2.45, 2.75) is 18.9 Å². The second-order valence-corrected chi connectivity index (χ2v) is 6.33. The van der Waals surface area contributed by atoms with Crippen molar-refractivity contribution in [2.24, 2.45) is 5.92 Å². The van der Waals surface area contributed by atoms with Gasteiger partial charge in [0.25, 0.3) is 0 Å². The first-order valence-corrected chi connectivity index (χ1v) is 7.68. The molecule has 5 nitrogen and oxygen atoms in total. The van der Waals surface area contributed by atoms with E-state index in [0.717, 1.165) is 13.0 Å². The molecule has 0 aliphatic carbocycles. The zero-order valence-corrected chi connectivity index (χ0v) is 13.6. The minimum atomic E-state index is -0.224. The number of nitrogens with zero attached hydrogens (tertiary/aromatic N) is 2. The molecule has 120 valence electrons. The topological polar surface area (TPSA) is 52.7 Å². The minimum Gasteiger partial charge on any atom is -0.351 e. The third-order valence-corrected chi connectivity index (χ3v) is 3.97. The number of hydrogen-bond acceptors (Lipinski definition) is 3. The molecule has 1 aliphatic heterocycles. The van der Waals surface area contributed by atoms with Crippen LogP contribution in [-0.2, 0) is 16.0 Å².